The fraction of sp³-hybridized carbons (Fsp3) is 0.423. The van der Waals surface area contributed by atoms with Gasteiger partial charge in [-0.05, 0) is 56.0 Å². The minimum absolute atomic E-state index is 0.0112. The Balaban J connectivity index is 1.96. The molecule has 36 heavy (non-hydrogen) atoms. The van der Waals surface area contributed by atoms with Gasteiger partial charge < -0.3 is 14.2 Å². The number of cyclic esters (lactones) is 1. The van der Waals surface area contributed by atoms with Crippen molar-refractivity contribution in [2.45, 2.75) is 57.2 Å². The Morgan fingerprint density at radius 1 is 1.17 bits per heavy atom. The summed E-state index contributed by atoms with van der Waals surface area (Å²) < 4.78 is 15.8. The molecular weight excluding hydrogens is 464 g/mol. The highest BCUT2D eigenvalue weighted by atomic mass is 16.6. The number of amides is 2. The fourth-order valence-electron chi connectivity index (χ4n) is 4.11. The summed E-state index contributed by atoms with van der Waals surface area (Å²) in [6.07, 6.45) is -0.687. The third-order valence-electron chi connectivity index (χ3n) is 5.73. The highest BCUT2D eigenvalue weighted by molar-refractivity contribution is 5.97. The van der Waals surface area contributed by atoms with Gasteiger partial charge in [-0.3, -0.25) is 9.59 Å². The van der Waals surface area contributed by atoms with Crippen molar-refractivity contribution < 1.29 is 28.6 Å². The summed E-state index contributed by atoms with van der Waals surface area (Å²) in [5.41, 5.74) is 10.0. The monoisotopic (exact) mass is 494 g/mol. The van der Waals surface area contributed by atoms with Crippen molar-refractivity contribution in [3.8, 4) is 5.75 Å². The van der Waals surface area contributed by atoms with Gasteiger partial charge in [0.1, 0.15) is 30.0 Å². The van der Waals surface area contributed by atoms with E-state index in [0.717, 1.165) is 4.90 Å². The van der Waals surface area contributed by atoms with Gasteiger partial charge in [0.2, 0.25) is 5.91 Å². The average molecular weight is 495 g/mol. The zero-order valence-electron chi connectivity index (χ0n) is 20.8. The molecule has 0 spiro atoms. The lowest BCUT2D eigenvalue weighted by Gasteiger charge is -2.28. The van der Waals surface area contributed by atoms with Crippen LogP contribution in [0.2, 0.25) is 0 Å². The molecule has 0 aliphatic carbocycles. The summed E-state index contributed by atoms with van der Waals surface area (Å²) in [4.78, 5) is 42.8. The molecule has 10 nitrogen and oxygen atoms in total. The molecule has 0 radical (unpaired) electrons. The number of nitrogens with zero attached hydrogens (tertiary/aromatic N) is 4. The van der Waals surface area contributed by atoms with Crippen LogP contribution < -0.4 is 4.74 Å². The Morgan fingerprint density at radius 3 is 2.42 bits per heavy atom. The van der Waals surface area contributed by atoms with Gasteiger partial charge in [-0.2, -0.15) is 0 Å². The van der Waals surface area contributed by atoms with Crippen molar-refractivity contribution in [3.63, 3.8) is 0 Å². The summed E-state index contributed by atoms with van der Waals surface area (Å²) in [5, 5.41) is 3.80. The Kier molecular flexibility index (Phi) is 8.55. The van der Waals surface area contributed by atoms with Gasteiger partial charge in [-0.25, -0.2) is 9.69 Å². The molecule has 0 unspecified atom stereocenters. The molecule has 0 bridgehead atoms. The van der Waals surface area contributed by atoms with Crippen LogP contribution in [0.3, 0.4) is 0 Å². The van der Waals surface area contributed by atoms with Gasteiger partial charge in [-0.15, -0.1) is 0 Å². The standard InChI is InChI=1S/C26H30N4O6/c1-26(2,3)36-22(31)15-14-20(17-10-12-19(34-4)13-11-17)23(28-29-27)24(32)30-21(16-35-25(30)33)18-8-6-5-7-9-18/h5-13,20-21,23H,14-16H2,1-4H3/t20-,21+,23+/m1/s1. The first-order valence-electron chi connectivity index (χ1n) is 11.6. The summed E-state index contributed by atoms with van der Waals surface area (Å²) in [6, 6.07) is 13.9. The van der Waals surface area contributed by atoms with Gasteiger partial charge in [0.05, 0.1) is 7.11 Å². The van der Waals surface area contributed by atoms with E-state index in [2.05, 4.69) is 10.0 Å². The van der Waals surface area contributed by atoms with E-state index in [-0.39, 0.29) is 19.4 Å². The van der Waals surface area contributed by atoms with E-state index in [1.165, 1.54) is 7.11 Å². The van der Waals surface area contributed by atoms with Crippen LogP contribution in [0.25, 0.3) is 10.4 Å². The van der Waals surface area contributed by atoms with E-state index >= 15 is 0 Å². The zero-order chi connectivity index (χ0) is 26.3. The molecule has 0 saturated carbocycles. The van der Waals surface area contributed by atoms with E-state index < -0.39 is 41.6 Å². The van der Waals surface area contributed by atoms with Gasteiger partial charge in [-0.1, -0.05) is 47.6 Å². The fourth-order valence-corrected chi connectivity index (χ4v) is 4.11. The zero-order valence-corrected chi connectivity index (χ0v) is 20.8. The lowest BCUT2D eigenvalue weighted by Crippen LogP contribution is -2.43. The summed E-state index contributed by atoms with van der Waals surface area (Å²) in [6.45, 7) is 5.28. The minimum Gasteiger partial charge on any atom is -0.497 e. The van der Waals surface area contributed by atoms with Crippen LogP contribution in [0, 0.1) is 0 Å². The average Bonchev–Trinajstić information content (AvgIpc) is 3.24. The van der Waals surface area contributed by atoms with Gasteiger partial charge in [0.25, 0.3) is 0 Å². The van der Waals surface area contributed by atoms with E-state index in [0.29, 0.717) is 16.9 Å². The van der Waals surface area contributed by atoms with Crippen LogP contribution in [0.4, 0.5) is 4.79 Å². The summed E-state index contributed by atoms with van der Waals surface area (Å²) >= 11 is 0. The normalized spacial score (nSPS) is 16.9. The number of methoxy groups -OCH3 is 1. The number of ether oxygens (including phenoxy) is 3. The molecule has 1 saturated heterocycles. The quantitative estimate of drug-likeness (QED) is 0.201. The molecule has 0 N–H and O–H groups in total. The molecule has 2 aromatic rings. The number of benzene rings is 2. The summed E-state index contributed by atoms with van der Waals surface area (Å²) in [5.74, 6) is -1.26. The Labute approximate surface area is 209 Å². The number of hydrogen-bond donors (Lipinski definition) is 0. The van der Waals surface area contributed by atoms with E-state index in [1.54, 1.807) is 69.3 Å². The molecule has 1 heterocycles. The van der Waals surface area contributed by atoms with Crippen LogP contribution in [0.1, 0.15) is 56.7 Å². The van der Waals surface area contributed by atoms with Crippen molar-refractivity contribution in [1.29, 1.82) is 0 Å². The van der Waals surface area contributed by atoms with Gasteiger partial charge >= 0.3 is 12.1 Å². The van der Waals surface area contributed by atoms with Gasteiger partial charge in [0.15, 0.2) is 0 Å². The predicted octanol–water partition coefficient (Wildman–Crippen LogP) is 5.30. The molecule has 1 aliphatic rings. The minimum atomic E-state index is -1.30. The maximum absolute atomic E-state index is 13.8. The smallest absolute Gasteiger partial charge is 0.417 e. The van der Waals surface area contributed by atoms with E-state index in [9.17, 15) is 19.9 Å². The molecule has 1 aliphatic heterocycles. The van der Waals surface area contributed by atoms with E-state index in [4.69, 9.17) is 14.2 Å². The highest BCUT2D eigenvalue weighted by Crippen LogP contribution is 2.35. The third-order valence-corrected chi connectivity index (χ3v) is 5.73. The Hall–Kier alpha value is -4.04. The molecule has 2 amide bonds. The van der Waals surface area contributed by atoms with Crippen molar-refractivity contribution in [1.82, 2.24) is 4.90 Å². The molecule has 0 aromatic heterocycles. The second kappa shape index (κ2) is 11.6. The lowest BCUT2D eigenvalue weighted by atomic mass is 9.86. The number of rotatable bonds is 9. The van der Waals surface area contributed by atoms with Crippen LogP contribution in [-0.4, -0.2) is 48.2 Å². The van der Waals surface area contributed by atoms with Crippen LogP contribution in [0.5, 0.6) is 5.75 Å². The Morgan fingerprint density at radius 2 is 1.83 bits per heavy atom. The highest BCUT2D eigenvalue weighted by Gasteiger charge is 2.44. The number of esters is 1. The van der Waals surface area contributed by atoms with Gasteiger partial charge in [0, 0.05) is 17.3 Å². The van der Waals surface area contributed by atoms with Crippen molar-refractivity contribution in [2.24, 2.45) is 5.11 Å². The van der Waals surface area contributed by atoms with Crippen molar-refractivity contribution in [2.75, 3.05) is 13.7 Å². The molecule has 10 heteroatoms. The third kappa shape index (κ3) is 6.55. The van der Waals surface area contributed by atoms with Crippen molar-refractivity contribution >= 4 is 18.0 Å². The SMILES string of the molecule is COc1ccc([C@@H](CCC(=O)OC(C)(C)C)[C@H](N=[N+]=[N-])C(=O)N2C(=O)OC[C@H]2c2ccccc2)cc1. The van der Waals surface area contributed by atoms with Crippen LogP contribution >= 0.6 is 0 Å². The van der Waals surface area contributed by atoms with Crippen LogP contribution in [-0.2, 0) is 19.1 Å². The molecule has 1 fully saturated rings. The molecule has 190 valence electrons. The molecular formula is C26H30N4O6. The second-order valence-corrected chi connectivity index (χ2v) is 9.37. The second-order valence-electron chi connectivity index (χ2n) is 9.37. The number of carbonyl (C=O) groups is 3. The van der Waals surface area contributed by atoms with Crippen molar-refractivity contribution in [3.05, 3.63) is 76.2 Å². The first-order chi connectivity index (χ1) is 17.1. The first-order valence-corrected chi connectivity index (χ1v) is 11.6. The Bertz CT molecular complexity index is 1120. The molecule has 3 rings (SSSR count). The topological polar surface area (TPSA) is 131 Å². The number of carbonyl (C=O) groups excluding carboxylic acids is 3. The predicted molar refractivity (Wildman–Crippen MR) is 131 cm³/mol. The molecule has 2 aromatic carbocycles. The summed E-state index contributed by atoms with van der Waals surface area (Å²) in [7, 11) is 1.53. The number of imide groups is 1. The first kappa shape index (κ1) is 26.6. The maximum atomic E-state index is 13.8. The number of azide groups is 1. The van der Waals surface area contributed by atoms with E-state index in [1.807, 2.05) is 6.07 Å². The largest absolute Gasteiger partial charge is 0.497 e. The maximum Gasteiger partial charge on any atom is 0.417 e. The molecule has 3 atom stereocenters. The van der Waals surface area contributed by atoms with Crippen LogP contribution in [0.15, 0.2) is 59.7 Å². The number of hydrogen-bond acceptors (Lipinski definition) is 7. The lowest BCUT2D eigenvalue weighted by molar-refractivity contribution is -0.155.